The SMILES string of the molecule is C=CCSc1ncnc2scc(-c3ccc(C)cc3)c12. The molecular formula is C16H14N2S2. The molecule has 2 aromatic heterocycles. The summed E-state index contributed by atoms with van der Waals surface area (Å²) in [4.78, 5) is 9.86. The fourth-order valence-corrected chi connectivity index (χ4v) is 3.77. The van der Waals surface area contributed by atoms with Crippen LogP contribution in [-0.2, 0) is 0 Å². The first-order valence-electron chi connectivity index (χ1n) is 6.32. The van der Waals surface area contributed by atoms with E-state index in [0.29, 0.717) is 0 Å². The normalized spacial score (nSPS) is 10.8. The molecular weight excluding hydrogens is 284 g/mol. The summed E-state index contributed by atoms with van der Waals surface area (Å²) < 4.78 is 0. The van der Waals surface area contributed by atoms with E-state index in [0.717, 1.165) is 21.0 Å². The molecule has 3 rings (SSSR count). The average molecular weight is 298 g/mol. The zero-order chi connectivity index (χ0) is 13.9. The van der Waals surface area contributed by atoms with E-state index >= 15 is 0 Å². The topological polar surface area (TPSA) is 25.8 Å². The summed E-state index contributed by atoms with van der Waals surface area (Å²) in [6.07, 6.45) is 3.54. The van der Waals surface area contributed by atoms with Gasteiger partial charge in [-0.1, -0.05) is 35.9 Å². The summed E-state index contributed by atoms with van der Waals surface area (Å²) in [5, 5.41) is 4.36. The number of rotatable bonds is 4. The molecule has 3 aromatic rings. The largest absolute Gasteiger partial charge is 0.229 e. The first-order chi connectivity index (χ1) is 9.79. The molecule has 2 heterocycles. The van der Waals surface area contributed by atoms with Gasteiger partial charge in [-0.2, -0.15) is 0 Å². The quantitative estimate of drug-likeness (QED) is 0.387. The first kappa shape index (κ1) is 13.3. The van der Waals surface area contributed by atoms with Gasteiger partial charge in [0, 0.05) is 16.7 Å². The first-order valence-corrected chi connectivity index (χ1v) is 8.19. The van der Waals surface area contributed by atoms with Crippen LogP contribution in [0.15, 0.2) is 53.7 Å². The summed E-state index contributed by atoms with van der Waals surface area (Å²) in [5.41, 5.74) is 3.71. The third kappa shape index (κ3) is 2.49. The van der Waals surface area contributed by atoms with Gasteiger partial charge in [-0.05, 0) is 12.5 Å². The maximum Gasteiger partial charge on any atom is 0.128 e. The van der Waals surface area contributed by atoms with Crippen LogP contribution >= 0.6 is 23.1 Å². The number of fused-ring (bicyclic) bond motifs is 1. The fourth-order valence-electron chi connectivity index (χ4n) is 2.04. The second-order valence-corrected chi connectivity index (χ2v) is 6.34. The lowest BCUT2D eigenvalue weighted by Crippen LogP contribution is -1.86. The number of hydrogen-bond acceptors (Lipinski definition) is 4. The molecule has 0 aliphatic heterocycles. The third-order valence-corrected chi connectivity index (χ3v) is 4.91. The molecule has 4 heteroatoms. The van der Waals surface area contributed by atoms with Crippen molar-refractivity contribution in [2.75, 3.05) is 5.75 Å². The molecule has 0 bridgehead atoms. The van der Waals surface area contributed by atoms with Gasteiger partial charge in [-0.15, -0.1) is 29.7 Å². The van der Waals surface area contributed by atoms with Crippen LogP contribution < -0.4 is 0 Å². The summed E-state index contributed by atoms with van der Waals surface area (Å²) >= 11 is 3.37. The van der Waals surface area contributed by atoms with Crippen molar-refractivity contribution in [1.29, 1.82) is 0 Å². The van der Waals surface area contributed by atoms with Gasteiger partial charge in [0.15, 0.2) is 0 Å². The van der Waals surface area contributed by atoms with E-state index in [2.05, 4.69) is 53.1 Å². The molecule has 0 unspecified atom stereocenters. The van der Waals surface area contributed by atoms with Gasteiger partial charge in [0.1, 0.15) is 16.2 Å². The Hall–Kier alpha value is -1.65. The minimum atomic E-state index is 0.856. The molecule has 0 amide bonds. The Morgan fingerprint density at radius 2 is 2.05 bits per heavy atom. The van der Waals surface area contributed by atoms with E-state index in [-0.39, 0.29) is 0 Å². The lowest BCUT2D eigenvalue weighted by molar-refractivity contribution is 1.11. The molecule has 0 fully saturated rings. The van der Waals surface area contributed by atoms with Crippen molar-refractivity contribution < 1.29 is 0 Å². The Balaban J connectivity index is 2.15. The molecule has 20 heavy (non-hydrogen) atoms. The van der Waals surface area contributed by atoms with Crippen molar-refractivity contribution in [3.63, 3.8) is 0 Å². The number of hydrogen-bond donors (Lipinski definition) is 0. The number of aromatic nitrogens is 2. The van der Waals surface area contributed by atoms with Crippen LogP contribution in [0.25, 0.3) is 21.3 Å². The summed E-state index contributed by atoms with van der Waals surface area (Å²) in [6, 6.07) is 8.59. The number of aryl methyl sites for hydroxylation is 1. The number of benzene rings is 1. The number of thioether (sulfide) groups is 1. The maximum atomic E-state index is 4.43. The highest BCUT2D eigenvalue weighted by atomic mass is 32.2. The molecule has 0 saturated heterocycles. The lowest BCUT2D eigenvalue weighted by Gasteiger charge is -2.04. The molecule has 2 nitrogen and oxygen atoms in total. The van der Waals surface area contributed by atoms with Gasteiger partial charge in [-0.3, -0.25) is 0 Å². The zero-order valence-corrected chi connectivity index (χ0v) is 12.8. The highest BCUT2D eigenvalue weighted by molar-refractivity contribution is 7.99. The van der Waals surface area contributed by atoms with E-state index in [4.69, 9.17) is 0 Å². The average Bonchev–Trinajstić information content (AvgIpc) is 2.90. The van der Waals surface area contributed by atoms with Gasteiger partial charge in [0.25, 0.3) is 0 Å². The Morgan fingerprint density at radius 3 is 2.80 bits per heavy atom. The van der Waals surface area contributed by atoms with Gasteiger partial charge in [0.2, 0.25) is 0 Å². The minimum Gasteiger partial charge on any atom is -0.229 e. The molecule has 0 saturated carbocycles. The van der Waals surface area contributed by atoms with Crippen LogP contribution in [0.1, 0.15) is 5.56 Å². The molecule has 0 aliphatic rings. The highest BCUT2D eigenvalue weighted by Gasteiger charge is 2.12. The molecule has 0 radical (unpaired) electrons. The molecule has 1 aromatic carbocycles. The minimum absolute atomic E-state index is 0.856. The Kier molecular flexibility index (Phi) is 3.85. The lowest BCUT2D eigenvalue weighted by atomic mass is 10.1. The molecule has 0 atom stereocenters. The smallest absolute Gasteiger partial charge is 0.128 e. The van der Waals surface area contributed by atoms with E-state index in [9.17, 15) is 0 Å². The Labute approximate surface area is 126 Å². The van der Waals surface area contributed by atoms with Crippen LogP contribution in [0.4, 0.5) is 0 Å². The number of nitrogens with zero attached hydrogens (tertiary/aromatic N) is 2. The van der Waals surface area contributed by atoms with Crippen LogP contribution in [0.2, 0.25) is 0 Å². The number of thiophene rings is 1. The van der Waals surface area contributed by atoms with Gasteiger partial charge >= 0.3 is 0 Å². The monoisotopic (exact) mass is 298 g/mol. The Bertz CT molecular complexity index is 745. The van der Waals surface area contributed by atoms with E-state index in [1.807, 2.05) is 6.08 Å². The standard InChI is InChI=1S/C16H14N2S2/c1-3-8-19-15-14-13(9-20-16(14)18-10-17-15)12-6-4-11(2)5-7-12/h3-7,9-10H,1,8H2,2H3. The van der Waals surface area contributed by atoms with E-state index in [1.54, 1.807) is 29.4 Å². The van der Waals surface area contributed by atoms with Crippen LogP contribution in [0.5, 0.6) is 0 Å². The van der Waals surface area contributed by atoms with Gasteiger partial charge < -0.3 is 0 Å². The van der Waals surface area contributed by atoms with Crippen molar-refractivity contribution in [2.24, 2.45) is 0 Å². The molecule has 0 spiro atoms. The molecule has 100 valence electrons. The zero-order valence-electron chi connectivity index (χ0n) is 11.2. The van der Waals surface area contributed by atoms with E-state index < -0.39 is 0 Å². The second-order valence-electron chi connectivity index (χ2n) is 4.47. The van der Waals surface area contributed by atoms with Crippen molar-refractivity contribution in [3.8, 4) is 11.1 Å². The second kappa shape index (κ2) is 5.77. The van der Waals surface area contributed by atoms with Crippen LogP contribution in [0.3, 0.4) is 0 Å². The van der Waals surface area contributed by atoms with Gasteiger partial charge in [0.05, 0.1) is 5.39 Å². The highest BCUT2D eigenvalue weighted by Crippen LogP contribution is 2.37. The fraction of sp³-hybridized carbons (Fsp3) is 0.125. The van der Waals surface area contributed by atoms with Crippen molar-refractivity contribution in [1.82, 2.24) is 9.97 Å². The van der Waals surface area contributed by atoms with Crippen molar-refractivity contribution >= 4 is 33.3 Å². The summed E-state index contributed by atoms with van der Waals surface area (Å²) in [5.74, 6) is 0.856. The molecule has 0 aliphatic carbocycles. The molecule has 0 N–H and O–H groups in total. The van der Waals surface area contributed by atoms with Crippen LogP contribution in [-0.4, -0.2) is 15.7 Å². The predicted molar refractivity (Wildman–Crippen MR) is 88.5 cm³/mol. The van der Waals surface area contributed by atoms with E-state index in [1.165, 1.54) is 16.7 Å². The van der Waals surface area contributed by atoms with Gasteiger partial charge in [-0.25, -0.2) is 9.97 Å². The van der Waals surface area contributed by atoms with Crippen LogP contribution in [0, 0.1) is 6.92 Å². The maximum absolute atomic E-state index is 4.43. The predicted octanol–water partition coefficient (Wildman–Crippen LogP) is 4.94. The van der Waals surface area contributed by atoms with Crippen molar-refractivity contribution in [3.05, 3.63) is 54.2 Å². The van der Waals surface area contributed by atoms with Crippen molar-refractivity contribution in [2.45, 2.75) is 11.9 Å². The summed E-state index contributed by atoms with van der Waals surface area (Å²) in [6.45, 7) is 5.87. The Morgan fingerprint density at radius 1 is 1.25 bits per heavy atom. The third-order valence-electron chi connectivity index (χ3n) is 3.04. The summed E-state index contributed by atoms with van der Waals surface area (Å²) in [7, 11) is 0.